The van der Waals surface area contributed by atoms with Gasteiger partial charge in [-0.25, -0.2) is 9.48 Å². The third-order valence-electron chi connectivity index (χ3n) is 3.73. The maximum atomic E-state index is 12.1. The first-order valence-electron chi connectivity index (χ1n) is 6.88. The van der Waals surface area contributed by atoms with Crippen LogP contribution in [0.5, 0.6) is 0 Å². The number of hydrogen-bond acceptors (Lipinski definition) is 6. The lowest BCUT2D eigenvalue weighted by molar-refractivity contribution is -0.140. The molecule has 0 aromatic carbocycles. The molecule has 2 saturated heterocycles. The van der Waals surface area contributed by atoms with E-state index in [9.17, 15) is 9.59 Å². The number of nitrogens with zero attached hydrogens (tertiary/aromatic N) is 4. The number of carboxylic acid groups (broad SMARTS) is 1. The van der Waals surface area contributed by atoms with Crippen molar-refractivity contribution in [2.45, 2.75) is 18.6 Å². The number of aromatic nitrogens is 3. The Bertz CT molecular complexity index is 534. The SMILES string of the molecule is O=C(O)c1cn(C2CN(C(=O)CC3CNCCO3)C2)nn1. The van der Waals surface area contributed by atoms with Crippen molar-refractivity contribution in [2.75, 3.05) is 32.8 Å². The lowest BCUT2D eigenvalue weighted by Gasteiger charge is -2.39. The molecule has 114 valence electrons. The number of carbonyl (C=O) groups excluding carboxylic acids is 1. The van der Waals surface area contributed by atoms with Gasteiger partial charge in [0.15, 0.2) is 5.69 Å². The van der Waals surface area contributed by atoms with E-state index >= 15 is 0 Å². The minimum absolute atomic E-state index is 0.0000470. The maximum Gasteiger partial charge on any atom is 0.358 e. The van der Waals surface area contributed by atoms with Gasteiger partial charge in [0.1, 0.15) is 0 Å². The largest absolute Gasteiger partial charge is 0.476 e. The van der Waals surface area contributed by atoms with Crippen molar-refractivity contribution in [3.8, 4) is 0 Å². The molecular formula is C12H17N5O4. The van der Waals surface area contributed by atoms with E-state index in [1.165, 1.54) is 10.9 Å². The van der Waals surface area contributed by atoms with Gasteiger partial charge >= 0.3 is 5.97 Å². The van der Waals surface area contributed by atoms with Crippen molar-refractivity contribution in [3.63, 3.8) is 0 Å². The van der Waals surface area contributed by atoms with Gasteiger partial charge in [-0.1, -0.05) is 5.21 Å². The van der Waals surface area contributed by atoms with Crippen molar-refractivity contribution in [1.29, 1.82) is 0 Å². The zero-order chi connectivity index (χ0) is 14.8. The number of aromatic carboxylic acids is 1. The Morgan fingerprint density at radius 2 is 2.29 bits per heavy atom. The molecule has 9 nitrogen and oxygen atoms in total. The van der Waals surface area contributed by atoms with E-state index in [2.05, 4.69) is 15.6 Å². The van der Waals surface area contributed by atoms with E-state index in [1.54, 1.807) is 4.90 Å². The van der Waals surface area contributed by atoms with Crippen LogP contribution in [-0.2, 0) is 9.53 Å². The molecule has 1 aromatic heterocycles. The van der Waals surface area contributed by atoms with Crippen LogP contribution in [0.2, 0.25) is 0 Å². The first kappa shape index (κ1) is 14.0. The molecule has 1 atom stereocenters. The lowest BCUT2D eigenvalue weighted by atomic mass is 10.1. The number of carboxylic acids is 1. The van der Waals surface area contributed by atoms with Crippen molar-refractivity contribution in [2.24, 2.45) is 0 Å². The molecule has 0 bridgehead atoms. The third-order valence-corrected chi connectivity index (χ3v) is 3.73. The first-order chi connectivity index (χ1) is 10.1. The average Bonchev–Trinajstić information content (AvgIpc) is 2.88. The molecule has 9 heteroatoms. The summed E-state index contributed by atoms with van der Waals surface area (Å²) < 4.78 is 7.01. The predicted molar refractivity (Wildman–Crippen MR) is 69.8 cm³/mol. The number of hydrogen-bond donors (Lipinski definition) is 2. The number of rotatable bonds is 4. The topological polar surface area (TPSA) is 110 Å². The second-order valence-electron chi connectivity index (χ2n) is 5.24. The molecule has 21 heavy (non-hydrogen) atoms. The molecule has 2 aliphatic heterocycles. The summed E-state index contributed by atoms with van der Waals surface area (Å²) in [4.78, 5) is 24.5. The number of morpholine rings is 1. The Morgan fingerprint density at radius 1 is 1.48 bits per heavy atom. The standard InChI is InChI=1S/C12H17N5O4/c18-11(3-9-4-13-1-2-21-9)16-5-8(6-16)17-7-10(12(19)20)14-15-17/h7-9,13H,1-6H2,(H,19,20). The summed E-state index contributed by atoms with van der Waals surface area (Å²) >= 11 is 0. The van der Waals surface area contributed by atoms with Crippen LogP contribution in [0.1, 0.15) is 23.0 Å². The van der Waals surface area contributed by atoms with Crippen molar-refractivity contribution < 1.29 is 19.4 Å². The van der Waals surface area contributed by atoms with Crippen molar-refractivity contribution in [3.05, 3.63) is 11.9 Å². The number of carbonyl (C=O) groups is 2. The van der Waals surface area contributed by atoms with Gasteiger partial charge in [-0.2, -0.15) is 0 Å². The molecule has 3 rings (SSSR count). The highest BCUT2D eigenvalue weighted by atomic mass is 16.5. The molecule has 1 amide bonds. The number of nitrogens with one attached hydrogen (secondary N) is 1. The fourth-order valence-electron chi connectivity index (χ4n) is 2.45. The molecule has 0 aliphatic carbocycles. The Labute approximate surface area is 120 Å². The van der Waals surface area contributed by atoms with E-state index < -0.39 is 5.97 Å². The quantitative estimate of drug-likeness (QED) is 0.713. The highest BCUT2D eigenvalue weighted by Crippen LogP contribution is 2.22. The van der Waals surface area contributed by atoms with Gasteiger partial charge in [0.2, 0.25) is 5.91 Å². The smallest absolute Gasteiger partial charge is 0.358 e. The van der Waals surface area contributed by atoms with E-state index in [0.29, 0.717) is 32.7 Å². The van der Waals surface area contributed by atoms with Crippen molar-refractivity contribution >= 4 is 11.9 Å². The summed E-state index contributed by atoms with van der Waals surface area (Å²) in [7, 11) is 0. The fraction of sp³-hybridized carbons (Fsp3) is 0.667. The molecule has 1 unspecified atom stereocenters. The van der Waals surface area contributed by atoms with Crippen LogP contribution in [0.25, 0.3) is 0 Å². The summed E-state index contributed by atoms with van der Waals surface area (Å²) in [5.74, 6) is -1.05. The van der Waals surface area contributed by atoms with E-state index in [1.807, 2.05) is 0 Å². The van der Waals surface area contributed by atoms with Gasteiger partial charge in [0, 0.05) is 26.2 Å². The molecule has 0 saturated carbocycles. The van der Waals surface area contributed by atoms with Crippen LogP contribution in [0, 0.1) is 0 Å². The van der Waals surface area contributed by atoms with Gasteiger partial charge in [-0.05, 0) is 0 Å². The fourth-order valence-corrected chi connectivity index (χ4v) is 2.45. The molecule has 2 fully saturated rings. The monoisotopic (exact) mass is 295 g/mol. The van der Waals surface area contributed by atoms with Gasteiger partial charge in [-0.15, -0.1) is 5.10 Å². The zero-order valence-electron chi connectivity index (χ0n) is 11.4. The van der Waals surface area contributed by atoms with E-state index in [-0.39, 0.29) is 23.7 Å². The average molecular weight is 295 g/mol. The molecule has 2 aliphatic rings. The van der Waals surface area contributed by atoms with Gasteiger partial charge in [0.25, 0.3) is 0 Å². The number of amides is 1. The van der Waals surface area contributed by atoms with E-state index in [0.717, 1.165) is 6.54 Å². The van der Waals surface area contributed by atoms with Crippen LogP contribution in [0.4, 0.5) is 0 Å². The Hall–Kier alpha value is -2.00. The van der Waals surface area contributed by atoms with Crippen LogP contribution < -0.4 is 5.32 Å². The van der Waals surface area contributed by atoms with Gasteiger partial charge < -0.3 is 20.1 Å². The lowest BCUT2D eigenvalue weighted by Crippen LogP contribution is -2.52. The number of ether oxygens (including phenoxy) is 1. The number of likely N-dealkylation sites (tertiary alicyclic amines) is 1. The third kappa shape index (κ3) is 3.03. The highest BCUT2D eigenvalue weighted by Gasteiger charge is 2.34. The second-order valence-corrected chi connectivity index (χ2v) is 5.24. The zero-order valence-corrected chi connectivity index (χ0v) is 11.4. The van der Waals surface area contributed by atoms with Crippen LogP contribution in [0.3, 0.4) is 0 Å². The van der Waals surface area contributed by atoms with Crippen LogP contribution >= 0.6 is 0 Å². The molecule has 0 radical (unpaired) electrons. The van der Waals surface area contributed by atoms with Crippen LogP contribution in [0.15, 0.2) is 6.20 Å². The van der Waals surface area contributed by atoms with Gasteiger partial charge in [0.05, 0.1) is 31.4 Å². The first-order valence-corrected chi connectivity index (χ1v) is 6.88. The second kappa shape index (κ2) is 5.78. The molecule has 2 N–H and O–H groups in total. The van der Waals surface area contributed by atoms with E-state index in [4.69, 9.17) is 9.84 Å². The van der Waals surface area contributed by atoms with Crippen LogP contribution in [-0.4, -0.2) is 75.8 Å². The minimum Gasteiger partial charge on any atom is -0.476 e. The summed E-state index contributed by atoms with van der Waals surface area (Å²) in [6, 6.07) is -0.0000470. The summed E-state index contributed by atoms with van der Waals surface area (Å²) in [5, 5.41) is 19.3. The Morgan fingerprint density at radius 3 is 2.90 bits per heavy atom. The van der Waals surface area contributed by atoms with Gasteiger partial charge in [-0.3, -0.25) is 4.79 Å². The summed E-state index contributed by atoms with van der Waals surface area (Å²) in [6.07, 6.45) is 1.70. The maximum absolute atomic E-state index is 12.1. The van der Waals surface area contributed by atoms with Crippen molar-refractivity contribution in [1.82, 2.24) is 25.2 Å². The highest BCUT2D eigenvalue weighted by molar-refractivity contribution is 5.84. The molecular weight excluding hydrogens is 278 g/mol. The minimum atomic E-state index is -1.10. The molecule has 0 spiro atoms. The Balaban J connectivity index is 1.48. The summed E-state index contributed by atoms with van der Waals surface area (Å²) in [5.41, 5.74) is -0.0820. The normalized spacial score (nSPS) is 22.9. The molecule has 1 aromatic rings. The predicted octanol–water partition coefficient (Wildman–Crippen LogP) is -1.26. The Kier molecular flexibility index (Phi) is 3.84. The molecule has 3 heterocycles. The summed E-state index contributed by atoms with van der Waals surface area (Å²) in [6.45, 7) is 3.23.